The van der Waals surface area contributed by atoms with E-state index in [0.29, 0.717) is 31.2 Å². The topological polar surface area (TPSA) is 78.5 Å². The van der Waals surface area contributed by atoms with Crippen molar-refractivity contribution in [1.29, 1.82) is 0 Å². The predicted molar refractivity (Wildman–Crippen MR) is 108 cm³/mol. The molecular formula is C20H24ClN5O2. The molecule has 2 unspecified atom stereocenters. The molecule has 1 aromatic heterocycles. The number of carbonyl (C=O) groups excluding carboxylic acids is 1. The van der Waals surface area contributed by atoms with Crippen LogP contribution >= 0.6 is 11.6 Å². The van der Waals surface area contributed by atoms with Crippen molar-refractivity contribution in [3.63, 3.8) is 0 Å². The van der Waals surface area contributed by atoms with Crippen molar-refractivity contribution in [3.8, 4) is 0 Å². The van der Waals surface area contributed by atoms with Crippen molar-refractivity contribution in [1.82, 2.24) is 21.2 Å². The van der Waals surface area contributed by atoms with Crippen LogP contribution in [-0.4, -0.2) is 43.2 Å². The van der Waals surface area contributed by atoms with Gasteiger partial charge in [0, 0.05) is 42.5 Å². The maximum absolute atomic E-state index is 12.7. The summed E-state index contributed by atoms with van der Waals surface area (Å²) in [5.74, 6) is 0.884. The molecule has 3 N–H and O–H groups in total. The van der Waals surface area contributed by atoms with Crippen LogP contribution < -0.4 is 21.1 Å². The number of carbonyl (C=O) groups is 1. The summed E-state index contributed by atoms with van der Waals surface area (Å²) in [6.07, 6.45) is 2.45. The summed E-state index contributed by atoms with van der Waals surface area (Å²) >= 11 is 6.07. The van der Waals surface area contributed by atoms with Crippen molar-refractivity contribution < 1.29 is 9.53 Å². The van der Waals surface area contributed by atoms with Crippen LogP contribution in [0.4, 0.5) is 5.82 Å². The second-order valence-corrected chi connectivity index (χ2v) is 7.42. The molecule has 8 heteroatoms. The fourth-order valence-electron chi connectivity index (χ4n) is 3.60. The number of pyridine rings is 1. The first-order valence-electron chi connectivity index (χ1n) is 9.51. The summed E-state index contributed by atoms with van der Waals surface area (Å²) in [6, 6.07) is 11.4. The number of benzene rings is 1. The van der Waals surface area contributed by atoms with Crippen LogP contribution in [0, 0.1) is 0 Å². The molecule has 2 aliphatic rings. The maximum atomic E-state index is 12.7. The third-order valence-electron chi connectivity index (χ3n) is 5.10. The summed E-state index contributed by atoms with van der Waals surface area (Å²) in [7, 11) is 0. The van der Waals surface area contributed by atoms with Gasteiger partial charge in [0.05, 0.1) is 13.2 Å². The minimum absolute atomic E-state index is 0.0335. The van der Waals surface area contributed by atoms with Crippen LogP contribution in [-0.2, 0) is 16.1 Å². The quantitative estimate of drug-likeness (QED) is 0.709. The van der Waals surface area contributed by atoms with E-state index < -0.39 is 0 Å². The number of hydrogen-bond donors (Lipinski definition) is 3. The van der Waals surface area contributed by atoms with Gasteiger partial charge in [-0.2, -0.15) is 0 Å². The number of hydrazine groups is 1. The van der Waals surface area contributed by atoms with Crippen LogP contribution in [0.25, 0.3) is 0 Å². The Balaban J connectivity index is 1.35. The number of morpholine rings is 1. The Labute approximate surface area is 169 Å². The van der Waals surface area contributed by atoms with Gasteiger partial charge in [0.15, 0.2) is 0 Å². The van der Waals surface area contributed by atoms with Crippen LogP contribution in [0.15, 0.2) is 42.6 Å². The second kappa shape index (κ2) is 8.87. The summed E-state index contributed by atoms with van der Waals surface area (Å²) in [5.41, 5.74) is 8.36. The number of anilines is 1. The van der Waals surface area contributed by atoms with Gasteiger partial charge in [-0.3, -0.25) is 4.79 Å². The van der Waals surface area contributed by atoms with Crippen LogP contribution in [0.1, 0.15) is 23.6 Å². The molecule has 0 bridgehead atoms. The lowest BCUT2D eigenvalue weighted by molar-refractivity contribution is -0.123. The van der Waals surface area contributed by atoms with Crippen molar-refractivity contribution in [2.75, 3.05) is 31.2 Å². The summed E-state index contributed by atoms with van der Waals surface area (Å²) < 4.78 is 5.42. The highest BCUT2D eigenvalue weighted by Crippen LogP contribution is 2.25. The monoisotopic (exact) mass is 401 g/mol. The minimum Gasteiger partial charge on any atom is -0.378 e. The lowest BCUT2D eigenvalue weighted by Gasteiger charge is -2.29. The molecule has 0 saturated carbocycles. The standard InChI is InChI=1S/C20H24ClN5O2/c21-16-5-1-3-14(11-16)17-12-18(25-24-17)20(27)23-13-15-4-2-6-22-19(15)26-7-9-28-10-8-26/h1-6,11,17-18,24-25H,7-10,12-13H2,(H,23,27). The minimum atomic E-state index is -0.299. The Bertz CT molecular complexity index is 828. The number of hydrogen-bond acceptors (Lipinski definition) is 6. The van der Waals surface area contributed by atoms with E-state index in [1.807, 2.05) is 36.4 Å². The third-order valence-corrected chi connectivity index (χ3v) is 5.34. The van der Waals surface area contributed by atoms with Crippen LogP contribution in [0.2, 0.25) is 5.02 Å². The van der Waals surface area contributed by atoms with Crippen LogP contribution in [0.3, 0.4) is 0 Å². The molecule has 4 rings (SSSR count). The van der Waals surface area contributed by atoms with Crippen LogP contribution in [0.5, 0.6) is 0 Å². The van der Waals surface area contributed by atoms with E-state index in [0.717, 1.165) is 30.0 Å². The first-order valence-corrected chi connectivity index (χ1v) is 9.89. The van der Waals surface area contributed by atoms with Gasteiger partial charge in [-0.25, -0.2) is 15.8 Å². The van der Waals surface area contributed by atoms with E-state index in [9.17, 15) is 4.79 Å². The van der Waals surface area contributed by atoms with Gasteiger partial charge in [-0.05, 0) is 30.2 Å². The van der Waals surface area contributed by atoms with Gasteiger partial charge < -0.3 is 15.0 Å². The molecule has 148 valence electrons. The highest BCUT2D eigenvalue weighted by atomic mass is 35.5. The first kappa shape index (κ1) is 19.1. The number of amides is 1. The third kappa shape index (κ3) is 4.44. The highest BCUT2D eigenvalue weighted by molar-refractivity contribution is 6.30. The Morgan fingerprint density at radius 3 is 2.93 bits per heavy atom. The van der Waals surface area contributed by atoms with Crippen molar-refractivity contribution >= 4 is 23.3 Å². The number of ether oxygens (including phenoxy) is 1. The van der Waals surface area contributed by atoms with E-state index >= 15 is 0 Å². The maximum Gasteiger partial charge on any atom is 0.238 e. The van der Waals surface area contributed by atoms with E-state index in [2.05, 4.69) is 26.1 Å². The Morgan fingerprint density at radius 1 is 1.25 bits per heavy atom. The zero-order valence-corrected chi connectivity index (χ0v) is 16.3. The normalized spacial score (nSPS) is 22.2. The highest BCUT2D eigenvalue weighted by Gasteiger charge is 2.30. The molecule has 0 aliphatic carbocycles. The molecule has 28 heavy (non-hydrogen) atoms. The lowest BCUT2D eigenvalue weighted by atomic mass is 10.0. The Hall–Kier alpha value is -2.19. The molecule has 2 saturated heterocycles. The van der Waals surface area contributed by atoms with E-state index in [1.54, 1.807) is 6.20 Å². The fraction of sp³-hybridized carbons (Fsp3) is 0.400. The molecule has 7 nitrogen and oxygen atoms in total. The fourth-order valence-corrected chi connectivity index (χ4v) is 3.80. The molecule has 2 aromatic rings. The van der Waals surface area contributed by atoms with E-state index in [4.69, 9.17) is 16.3 Å². The molecular weight excluding hydrogens is 378 g/mol. The number of nitrogens with zero attached hydrogens (tertiary/aromatic N) is 2. The van der Waals surface area contributed by atoms with Gasteiger partial charge in [-0.1, -0.05) is 29.8 Å². The molecule has 0 spiro atoms. The average molecular weight is 402 g/mol. The molecule has 2 atom stereocenters. The number of aromatic nitrogens is 1. The summed E-state index contributed by atoms with van der Waals surface area (Å²) in [4.78, 5) is 19.4. The molecule has 1 amide bonds. The van der Waals surface area contributed by atoms with Crippen molar-refractivity contribution in [3.05, 3.63) is 58.7 Å². The number of rotatable bonds is 5. The van der Waals surface area contributed by atoms with Gasteiger partial charge in [0.2, 0.25) is 5.91 Å². The van der Waals surface area contributed by atoms with Gasteiger partial charge in [-0.15, -0.1) is 0 Å². The molecule has 2 aliphatic heterocycles. The second-order valence-electron chi connectivity index (χ2n) is 6.99. The largest absolute Gasteiger partial charge is 0.378 e. The zero-order valence-electron chi connectivity index (χ0n) is 15.5. The lowest BCUT2D eigenvalue weighted by Crippen LogP contribution is -2.43. The Kier molecular flexibility index (Phi) is 6.07. The van der Waals surface area contributed by atoms with E-state index in [-0.39, 0.29) is 18.0 Å². The van der Waals surface area contributed by atoms with E-state index in [1.165, 1.54) is 0 Å². The van der Waals surface area contributed by atoms with Gasteiger partial charge in [0.25, 0.3) is 0 Å². The number of nitrogens with one attached hydrogen (secondary N) is 3. The molecule has 0 radical (unpaired) electrons. The summed E-state index contributed by atoms with van der Waals surface area (Å²) in [5, 5.41) is 3.73. The van der Waals surface area contributed by atoms with Gasteiger partial charge in [0.1, 0.15) is 11.9 Å². The summed E-state index contributed by atoms with van der Waals surface area (Å²) in [6.45, 7) is 3.47. The SMILES string of the molecule is O=C(NCc1cccnc1N1CCOCC1)C1CC(c2cccc(Cl)c2)NN1. The smallest absolute Gasteiger partial charge is 0.238 e. The molecule has 3 heterocycles. The van der Waals surface area contributed by atoms with Gasteiger partial charge >= 0.3 is 0 Å². The molecule has 1 aromatic carbocycles. The molecule has 2 fully saturated rings. The average Bonchev–Trinajstić information content (AvgIpc) is 3.23. The van der Waals surface area contributed by atoms with Crippen molar-refractivity contribution in [2.24, 2.45) is 0 Å². The number of halogens is 1. The zero-order chi connectivity index (χ0) is 19.3. The predicted octanol–water partition coefficient (Wildman–Crippen LogP) is 1.80. The first-order chi connectivity index (χ1) is 13.7. The van der Waals surface area contributed by atoms with Crippen molar-refractivity contribution in [2.45, 2.75) is 25.0 Å². The Morgan fingerprint density at radius 2 is 2.11 bits per heavy atom.